The first-order valence-corrected chi connectivity index (χ1v) is 6.51. The van der Waals surface area contributed by atoms with Crippen LogP contribution in [0, 0.1) is 5.21 Å². The van der Waals surface area contributed by atoms with Crippen LogP contribution < -0.4 is 20.1 Å². The third-order valence-corrected chi connectivity index (χ3v) is 3.28. The van der Waals surface area contributed by atoms with Crippen LogP contribution in [0.15, 0.2) is 42.6 Å². The molecule has 0 aliphatic carbocycles. The summed E-state index contributed by atoms with van der Waals surface area (Å²) in [5.41, 5.74) is 6.92. The Morgan fingerprint density at radius 3 is 2.85 bits per heavy atom. The second kappa shape index (κ2) is 4.30. The van der Waals surface area contributed by atoms with Gasteiger partial charge in [-0.15, -0.1) is 0 Å². The average Bonchev–Trinajstić information content (AvgIpc) is 2.36. The van der Waals surface area contributed by atoms with E-state index in [-0.39, 0.29) is 0 Å². The molecule has 0 amide bonds. The lowest BCUT2D eigenvalue weighted by Crippen LogP contribution is -2.48. The maximum atomic E-state index is 12.0. The van der Waals surface area contributed by atoms with E-state index in [0.29, 0.717) is 23.8 Å². The molecule has 0 atom stereocenters. The van der Waals surface area contributed by atoms with Crippen LogP contribution in [0.2, 0.25) is 0 Å². The molecule has 2 aromatic rings. The fraction of sp³-hybridized carbons (Fsp3) is 0.267. The molecule has 20 heavy (non-hydrogen) atoms. The molecule has 0 saturated heterocycles. The average molecular weight is 271 g/mol. The van der Waals surface area contributed by atoms with Gasteiger partial charge in [0.05, 0.1) is 6.20 Å². The number of rotatable bonds is 1. The summed E-state index contributed by atoms with van der Waals surface area (Å²) in [5, 5.41) is 12.0. The number of fused-ring (bicyclic) bond motifs is 1. The Labute approximate surface area is 117 Å². The maximum absolute atomic E-state index is 12.0. The molecule has 0 fully saturated rings. The topological polar surface area (TPSA) is 65.4 Å². The van der Waals surface area contributed by atoms with Crippen LogP contribution in [-0.2, 0) is 0 Å². The van der Waals surface area contributed by atoms with E-state index < -0.39 is 5.60 Å². The van der Waals surface area contributed by atoms with E-state index in [4.69, 9.17) is 10.5 Å². The van der Waals surface area contributed by atoms with Crippen molar-refractivity contribution >= 4 is 17.2 Å². The summed E-state index contributed by atoms with van der Waals surface area (Å²) in [5.74, 6) is 1.28. The minimum absolute atomic E-state index is 0.399. The summed E-state index contributed by atoms with van der Waals surface area (Å²) in [6.45, 7) is 4.57. The van der Waals surface area contributed by atoms with E-state index in [9.17, 15) is 5.21 Å². The first kappa shape index (κ1) is 12.6. The number of ether oxygens (including phenoxy) is 1. The smallest absolute Gasteiger partial charge is 0.285 e. The second-order valence-corrected chi connectivity index (χ2v) is 5.56. The number of aromatic nitrogens is 1. The number of benzene rings is 1. The molecule has 1 aliphatic rings. The Balaban J connectivity index is 2.15. The fourth-order valence-electron chi connectivity index (χ4n) is 2.46. The summed E-state index contributed by atoms with van der Waals surface area (Å²) in [6, 6.07) is 10.9. The lowest BCUT2D eigenvalue weighted by molar-refractivity contribution is -0.592. The highest BCUT2D eigenvalue weighted by molar-refractivity contribution is 5.71. The minimum atomic E-state index is -0.399. The first-order chi connectivity index (χ1) is 9.46. The Morgan fingerprint density at radius 1 is 1.30 bits per heavy atom. The van der Waals surface area contributed by atoms with Crippen LogP contribution in [0.25, 0.3) is 0 Å². The van der Waals surface area contributed by atoms with E-state index in [0.717, 1.165) is 10.4 Å². The van der Waals surface area contributed by atoms with Crippen molar-refractivity contribution in [2.75, 3.05) is 17.2 Å². The van der Waals surface area contributed by atoms with Crippen molar-refractivity contribution < 1.29 is 9.47 Å². The predicted octanol–water partition coefficient (Wildman–Crippen LogP) is 2.21. The molecule has 0 saturated carbocycles. The van der Waals surface area contributed by atoms with Crippen LogP contribution in [0.4, 0.5) is 17.2 Å². The van der Waals surface area contributed by atoms with E-state index in [2.05, 4.69) is 0 Å². The van der Waals surface area contributed by atoms with Crippen LogP contribution in [0.5, 0.6) is 5.75 Å². The predicted molar refractivity (Wildman–Crippen MR) is 78.0 cm³/mol. The van der Waals surface area contributed by atoms with E-state index in [1.165, 1.54) is 6.20 Å². The normalized spacial score (nSPS) is 16.4. The third-order valence-electron chi connectivity index (χ3n) is 3.28. The van der Waals surface area contributed by atoms with Gasteiger partial charge in [0.1, 0.15) is 12.1 Å². The van der Waals surface area contributed by atoms with Gasteiger partial charge in [-0.05, 0) is 32.0 Å². The monoisotopic (exact) mass is 271 g/mol. The SMILES string of the molecule is CC1(C)CN(c2cccc[n+]2[O-])c2ccc(N)cc2O1. The first-order valence-electron chi connectivity index (χ1n) is 6.51. The number of nitrogen functional groups attached to an aromatic ring is 1. The Morgan fingerprint density at radius 2 is 2.10 bits per heavy atom. The molecule has 1 aliphatic heterocycles. The number of hydrogen-bond acceptors (Lipinski definition) is 4. The van der Waals surface area contributed by atoms with Gasteiger partial charge in [0.25, 0.3) is 5.82 Å². The van der Waals surface area contributed by atoms with Gasteiger partial charge in [0.2, 0.25) is 0 Å². The fourth-order valence-corrected chi connectivity index (χ4v) is 2.46. The number of anilines is 3. The van der Waals surface area contributed by atoms with Crippen LogP contribution in [-0.4, -0.2) is 12.1 Å². The molecule has 0 bridgehead atoms. The molecule has 0 radical (unpaired) electrons. The van der Waals surface area contributed by atoms with Gasteiger partial charge in [-0.3, -0.25) is 0 Å². The maximum Gasteiger partial charge on any atom is 0.285 e. The van der Waals surface area contributed by atoms with Crippen molar-refractivity contribution in [3.05, 3.63) is 47.8 Å². The summed E-state index contributed by atoms with van der Waals surface area (Å²) in [4.78, 5) is 1.96. The third kappa shape index (κ3) is 2.11. The molecule has 1 aromatic heterocycles. The van der Waals surface area contributed by atoms with E-state index in [1.807, 2.05) is 36.9 Å². The highest BCUT2D eigenvalue weighted by Crippen LogP contribution is 2.40. The Hall–Kier alpha value is -2.43. The van der Waals surface area contributed by atoms with Gasteiger partial charge >= 0.3 is 0 Å². The molecule has 0 unspecified atom stereocenters. The minimum Gasteiger partial charge on any atom is -0.711 e. The van der Waals surface area contributed by atoms with Gasteiger partial charge in [0.15, 0.2) is 11.4 Å². The zero-order valence-corrected chi connectivity index (χ0v) is 11.5. The molecule has 2 N–H and O–H groups in total. The molecular weight excluding hydrogens is 254 g/mol. The van der Waals surface area contributed by atoms with Gasteiger partial charge in [-0.2, -0.15) is 0 Å². The molecule has 2 heterocycles. The quantitative estimate of drug-likeness (QED) is 0.490. The summed E-state index contributed by atoms with van der Waals surface area (Å²) < 4.78 is 6.82. The van der Waals surface area contributed by atoms with Crippen molar-refractivity contribution in [1.29, 1.82) is 0 Å². The second-order valence-electron chi connectivity index (χ2n) is 5.56. The molecule has 1 aromatic carbocycles. The van der Waals surface area contributed by atoms with Gasteiger partial charge in [0, 0.05) is 17.8 Å². The highest BCUT2D eigenvalue weighted by Gasteiger charge is 2.38. The van der Waals surface area contributed by atoms with E-state index >= 15 is 0 Å². The van der Waals surface area contributed by atoms with Crippen LogP contribution >= 0.6 is 0 Å². The van der Waals surface area contributed by atoms with Crippen molar-refractivity contribution in [1.82, 2.24) is 0 Å². The Kier molecular flexibility index (Phi) is 2.71. The van der Waals surface area contributed by atoms with Gasteiger partial charge < -0.3 is 15.7 Å². The zero-order valence-electron chi connectivity index (χ0n) is 11.5. The van der Waals surface area contributed by atoms with Gasteiger partial charge in [-0.1, -0.05) is 6.07 Å². The molecule has 0 spiro atoms. The standard InChI is InChI=1S/C15H17N3O2/c1-15(2)10-17(14-5-3-4-8-18(14)19)12-7-6-11(16)9-13(12)20-15/h3-9H,10,16H2,1-2H3. The molecule has 3 rings (SSSR count). The Bertz CT molecular complexity index is 655. The van der Waals surface area contributed by atoms with E-state index in [1.54, 1.807) is 18.2 Å². The molecule has 5 heteroatoms. The lowest BCUT2D eigenvalue weighted by Gasteiger charge is -2.36. The summed E-state index contributed by atoms with van der Waals surface area (Å²) in [6.07, 6.45) is 1.49. The van der Waals surface area contributed by atoms with Crippen molar-refractivity contribution in [2.24, 2.45) is 0 Å². The van der Waals surface area contributed by atoms with Crippen molar-refractivity contribution in [3.63, 3.8) is 0 Å². The zero-order chi connectivity index (χ0) is 14.3. The number of nitrogens with zero attached hydrogens (tertiary/aromatic N) is 2. The number of nitrogens with two attached hydrogens (primary N) is 1. The van der Waals surface area contributed by atoms with Gasteiger partial charge in [-0.25, -0.2) is 9.63 Å². The largest absolute Gasteiger partial charge is 0.711 e. The van der Waals surface area contributed by atoms with Crippen LogP contribution in [0.1, 0.15) is 13.8 Å². The van der Waals surface area contributed by atoms with Crippen molar-refractivity contribution in [2.45, 2.75) is 19.4 Å². The number of pyridine rings is 1. The molecule has 104 valence electrons. The van der Waals surface area contributed by atoms with Crippen LogP contribution in [0.3, 0.4) is 0 Å². The summed E-state index contributed by atoms with van der Waals surface area (Å²) in [7, 11) is 0. The summed E-state index contributed by atoms with van der Waals surface area (Å²) >= 11 is 0. The van der Waals surface area contributed by atoms with Crippen molar-refractivity contribution in [3.8, 4) is 5.75 Å². The number of hydrogen-bond donors (Lipinski definition) is 1. The molecular formula is C15H17N3O2. The molecule has 5 nitrogen and oxygen atoms in total. The lowest BCUT2D eigenvalue weighted by atomic mass is 10.0. The highest BCUT2D eigenvalue weighted by atomic mass is 16.5.